The van der Waals surface area contributed by atoms with Gasteiger partial charge in [-0.05, 0) is 30.5 Å². The van der Waals surface area contributed by atoms with E-state index in [0.717, 1.165) is 31.7 Å². The van der Waals surface area contributed by atoms with Crippen molar-refractivity contribution in [3.8, 4) is 5.75 Å². The van der Waals surface area contributed by atoms with E-state index in [-0.39, 0.29) is 29.7 Å². The van der Waals surface area contributed by atoms with Crippen molar-refractivity contribution in [2.75, 3.05) is 13.7 Å². The third kappa shape index (κ3) is 4.04. The van der Waals surface area contributed by atoms with Crippen LogP contribution in [0.25, 0.3) is 0 Å². The molecule has 1 heterocycles. The maximum atomic E-state index is 13.9. The smallest absolute Gasteiger partial charge is 0.330 e. The van der Waals surface area contributed by atoms with Gasteiger partial charge in [0.1, 0.15) is 0 Å². The van der Waals surface area contributed by atoms with Crippen molar-refractivity contribution in [3.63, 3.8) is 0 Å². The van der Waals surface area contributed by atoms with E-state index in [2.05, 4.69) is 5.32 Å². The Labute approximate surface area is 156 Å². The Morgan fingerprint density at radius 3 is 2.63 bits per heavy atom. The molecule has 2 unspecified atom stereocenters. The van der Waals surface area contributed by atoms with Gasteiger partial charge in [-0.15, -0.1) is 0 Å². The van der Waals surface area contributed by atoms with Crippen LogP contribution in [0.5, 0.6) is 5.75 Å². The molecule has 7 nitrogen and oxygen atoms in total. The molecule has 1 saturated heterocycles. The van der Waals surface area contributed by atoms with Gasteiger partial charge in [-0.25, -0.2) is 9.18 Å². The lowest BCUT2D eigenvalue weighted by atomic mass is 10.0. The Balaban J connectivity index is 1.69. The average Bonchev–Trinajstić information content (AvgIpc) is 3.28. The van der Waals surface area contributed by atoms with Crippen LogP contribution in [0.2, 0.25) is 0 Å². The molecule has 2 N–H and O–H groups in total. The summed E-state index contributed by atoms with van der Waals surface area (Å²) in [6.07, 6.45) is 4.13. The molecule has 1 saturated carbocycles. The number of rotatable bonds is 6. The van der Waals surface area contributed by atoms with E-state index in [1.807, 2.05) is 0 Å². The molecule has 0 radical (unpaired) electrons. The highest BCUT2D eigenvalue weighted by atomic mass is 19.1. The Bertz CT molecular complexity index is 748. The molecule has 2 aliphatic rings. The van der Waals surface area contributed by atoms with Gasteiger partial charge in [0, 0.05) is 19.0 Å². The summed E-state index contributed by atoms with van der Waals surface area (Å²) < 4.78 is 18.7. The Morgan fingerprint density at radius 1 is 1.33 bits per heavy atom. The van der Waals surface area contributed by atoms with Gasteiger partial charge in [0.15, 0.2) is 17.6 Å². The lowest BCUT2D eigenvalue weighted by Gasteiger charge is -2.24. The van der Waals surface area contributed by atoms with E-state index < -0.39 is 29.7 Å². The number of nitrogens with zero attached hydrogens (tertiary/aromatic N) is 1. The zero-order chi connectivity index (χ0) is 19.6. The second-order valence-corrected chi connectivity index (χ2v) is 7.06. The summed E-state index contributed by atoms with van der Waals surface area (Å²) in [5, 5.41) is 11.9. The van der Waals surface area contributed by atoms with Crippen LogP contribution in [0.1, 0.15) is 43.7 Å². The van der Waals surface area contributed by atoms with Crippen LogP contribution in [0.4, 0.5) is 4.39 Å². The van der Waals surface area contributed by atoms with Crippen molar-refractivity contribution >= 4 is 17.8 Å². The third-order valence-corrected chi connectivity index (χ3v) is 5.34. The van der Waals surface area contributed by atoms with E-state index in [9.17, 15) is 23.9 Å². The minimum Gasteiger partial charge on any atom is -0.494 e. The first-order valence-corrected chi connectivity index (χ1v) is 9.06. The SMILES string of the molecule is COc1ccc(C(NC(=O)C2CC(=O)N(C3CCCC3)C2)C(=O)O)cc1F. The summed E-state index contributed by atoms with van der Waals surface area (Å²) in [6.45, 7) is 0.304. The maximum absolute atomic E-state index is 13.9. The van der Waals surface area contributed by atoms with Crippen LogP contribution in [-0.2, 0) is 14.4 Å². The molecule has 1 aromatic rings. The number of halogens is 1. The fraction of sp³-hybridized carbons (Fsp3) is 0.526. The van der Waals surface area contributed by atoms with Gasteiger partial charge >= 0.3 is 5.97 Å². The van der Waals surface area contributed by atoms with E-state index >= 15 is 0 Å². The van der Waals surface area contributed by atoms with Crippen LogP contribution in [0.3, 0.4) is 0 Å². The Hall–Kier alpha value is -2.64. The van der Waals surface area contributed by atoms with Crippen molar-refractivity contribution in [2.45, 2.75) is 44.2 Å². The van der Waals surface area contributed by atoms with Gasteiger partial charge in [0.2, 0.25) is 11.8 Å². The number of carboxylic acids is 1. The summed E-state index contributed by atoms with van der Waals surface area (Å²) >= 11 is 0. The van der Waals surface area contributed by atoms with Crippen LogP contribution < -0.4 is 10.1 Å². The van der Waals surface area contributed by atoms with Crippen LogP contribution >= 0.6 is 0 Å². The number of hydrogen-bond donors (Lipinski definition) is 2. The number of hydrogen-bond acceptors (Lipinski definition) is 4. The third-order valence-electron chi connectivity index (χ3n) is 5.34. The van der Waals surface area contributed by atoms with E-state index in [0.29, 0.717) is 6.54 Å². The van der Waals surface area contributed by atoms with Gasteiger partial charge in [-0.3, -0.25) is 9.59 Å². The first-order valence-electron chi connectivity index (χ1n) is 9.06. The summed E-state index contributed by atoms with van der Waals surface area (Å²) in [4.78, 5) is 38.2. The number of likely N-dealkylation sites (tertiary alicyclic amines) is 1. The molecule has 1 aliphatic carbocycles. The number of carbonyl (C=O) groups is 3. The molecule has 8 heteroatoms. The van der Waals surface area contributed by atoms with Crippen LogP contribution in [-0.4, -0.2) is 47.5 Å². The molecule has 2 fully saturated rings. The molecular weight excluding hydrogens is 355 g/mol. The highest BCUT2D eigenvalue weighted by Gasteiger charge is 2.39. The minimum atomic E-state index is -1.39. The standard InChI is InChI=1S/C19H23FN2O5/c1-27-15-7-6-11(8-14(15)20)17(19(25)26)21-18(24)12-9-16(23)22(10-12)13-4-2-3-5-13/h6-8,12-13,17H,2-5,9-10H2,1H3,(H,21,24)(H,25,26). The predicted molar refractivity (Wildman–Crippen MR) is 93.5 cm³/mol. The average molecular weight is 378 g/mol. The predicted octanol–water partition coefficient (Wildman–Crippen LogP) is 1.87. The van der Waals surface area contributed by atoms with Crippen molar-refractivity contribution in [2.24, 2.45) is 5.92 Å². The zero-order valence-electron chi connectivity index (χ0n) is 15.1. The number of methoxy groups -OCH3 is 1. The van der Waals surface area contributed by atoms with Crippen molar-refractivity contribution in [3.05, 3.63) is 29.6 Å². The number of ether oxygens (including phenoxy) is 1. The normalized spacial score (nSPS) is 21.3. The minimum absolute atomic E-state index is 0.0113. The topological polar surface area (TPSA) is 95.9 Å². The fourth-order valence-corrected chi connectivity index (χ4v) is 3.89. The number of carboxylic acid groups (broad SMARTS) is 1. The molecule has 0 bridgehead atoms. The van der Waals surface area contributed by atoms with E-state index in [1.165, 1.54) is 19.2 Å². The first-order chi connectivity index (χ1) is 12.9. The van der Waals surface area contributed by atoms with Crippen molar-refractivity contribution in [1.82, 2.24) is 10.2 Å². The largest absolute Gasteiger partial charge is 0.494 e. The van der Waals surface area contributed by atoms with E-state index in [4.69, 9.17) is 4.74 Å². The van der Waals surface area contributed by atoms with Crippen LogP contribution in [0, 0.1) is 11.7 Å². The zero-order valence-corrected chi connectivity index (χ0v) is 15.1. The maximum Gasteiger partial charge on any atom is 0.330 e. The summed E-state index contributed by atoms with van der Waals surface area (Å²) in [7, 11) is 1.31. The van der Waals surface area contributed by atoms with Crippen molar-refractivity contribution < 1.29 is 28.6 Å². The lowest BCUT2D eigenvalue weighted by molar-refractivity contribution is -0.142. The van der Waals surface area contributed by atoms with Gasteiger partial charge in [0.05, 0.1) is 13.0 Å². The lowest BCUT2D eigenvalue weighted by Crippen LogP contribution is -2.40. The second kappa shape index (κ2) is 7.94. The monoisotopic (exact) mass is 378 g/mol. The van der Waals surface area contributed by atoms with E-state index in [1.54, 1.807) is 4.90 Å². The Morgan fingerprint density at radius 2 is 2.04 bits per heavy atom. The number of amides is 2. The molecular formula is C19H23FN2O5. The molecule has 146 valence electrons. The van der Waals surface area contributed by atoms with Gasteiger partial charge in [-0.1, -0.05) is 18.9 Å². The molecule has 0 spiro atoms. The highest BCUT2D eigenvalue weighted by molar-refractivity contribution is 5.91. The molecule has 1 aliphatic heterocycles. The molecule has 0 aromatic heterocycles. The number of carbonyl (C=O) groups excluding carboxylic acids is 2. The number of nitrogens with one attached hydrogen (secondary N) is 1. The molecule has 2 atom stereocenters. The fourth-order valence-electron chi connectivity index (χ4n) is 3.89. The quantitative estimate of drug-likeness (QED) is 0.788. The molecule has 1 aromatic carbocycles. The van der Waals surface area contributed by atoms with Gasteiger partial charge in [0.25, 0.3) is 0 Å². The van der Waals surface area contributed by atoms with Crippen molar-refractivity contribution in [1.29, 1.82) is 0 Å². The van der Waals surface area contributed by atoms with Crippen LogP contribution in [0.15, 0.2) is 18.2 Å². The second-order valence-electron chi connectivity index (χ2n) is 7.06. The highest BCUT2D eigenvalue weighted by Crippen LogP contribution is 2.30. The molecule has 27 heavy (non-hydrogen) atoms. The van der Waals surface area contributed by atoms with Gasteiger partial charge in [-0.2, -0.15) is 0 Å². The molecule has 2 amide bonds. The summed E-state index contributed by atoms with van der Waals surface area (Å²) in [6, 6.07) is 2.52. The first kappa shape index (κ1) is 19.1. The summed E-state index contributed by atoms with van der Waals surface area (Å²) in [5.74, 6) is -3.19. The number of benzene rings is 1. The summed E-state index contributed by atoms with van der Waals surface area (Å²) in [5.41, 5.74) is 0.103. The Kier molecular flexibility index (Phi) is 5.62. The molecule has 3 rings (SSSR count). The number of aliphatic carboxylic acids is 1. The van der Waals surface area contributed by atoms with Gasteiger partial charge < -0.3 is 20.1 Å².